The third-order valence-electron chi connectivity index (χ3n) is 1.86. The molecule has 0 amide bonds. The molecule has 0 fully saturated rings. The van der Waals surface area contributed by atoms with E-state index >= 15 is 0 Å². The third kappa shape index (κ3) is 3.15. The molecule has 0 aliphatic heterocycles. The number of rotatable bonds is 2. The largest absolute Gasteiger partial charge is 0.507 e. The first kappa shape index (κ1) is 12.4. The van der Waals surface area contributed by atoms with Crippen molar-refractivity contribution in [3.05, 3.63) is 23.8 Å². The van der Waals surface area contributed by atoms with Gasteiger partial charge in [0.05, 0.1) is 6.61 Å². The molecule has 1 rings (SSSR count). The molecule has 0 bridgehead atoms. The molecule has 0 unspecified atom stereocenters. The summed E-state index contributed by atoms with van der Waals surface area (Å²) in [6.45, 7) is 5.99. The minimum atomic E-state index is -0.717. The van der Waals surface area contributed by atoms with E-state index < -0.39 is 5.97 Å². The molecule has 0 spiro atoms. The molecule has 2 N–H and O–H groups in total. The molecular weight excluding hydrogens is 208 g/mol. The summed E-state index contributed by atoms with van der Waals surface area (Å²) in [5.41, 5.74) is -0.345. The van der Waals surface area contributed by atoms with Crippen molar-refractivity contribution in [1.82, 2.24) is 0 Å². The van der Waals surface area contributed by atoms with Gasteiger partial charge in [0.25, 0.3) is 0 Å². The van der Waals surface area contributed by atoms with Crippen LogP contribution in [0.1, 0.15) is 31.1 Å². The molecular formula is C12H16O4. The van der Waals surface area contributed by atoms with Crippen molar-refractivity contribution in [3.8, 4) is 11.5 Å². The van der Waals surface area contributed by atoms with E-state index in [1.165, 1.54) is 18.2 Å². The van der Waals surface area contributed by atoms with Crippen LogP contribution in [0.5, 0.6) is 11.5 Å². The lowest BCUT2D eigenvalue weighted by atomic mass is 9.99. The number of hydrogen-bond donors (Lipinski definition) is 2. The van der Waals surface area contributed by atoms with Gasteiger partial charge in [0.1, 0.15) is 17.1 Å². The lowest BCUT2D eigenvalue weighted by Crippen LogP contribution is -2.18. The van der Waals surface area contributed by atoms with Crippen LogP contribution in [0.15, 0.2) is 18.2 Å². The first-order chi connectivity index (χ1) is 7.31. The molecule has 4 heteroatoms. The number of benzene rings is 1. The summed E-state index contributed by atoms with van der Waals surface area (Å²) < 4.78 is 5.00. The van der Waals surface area contributed by atoms with Gasteiger partial charge >= 0.3 is 5.97 Å². The van der Waals surface area contributed by atoms with Crippen molar-refractivity contribution >= 4 is 5.97 Å². The number of esters is 1. The van der Waals surface area contributed by atoms with E-state index in [1.54, 1.807) is 0 Å². The van der Waals surface area contributed by atoms with Gasteiger partial charge in [-0.2, -0.15) is 0 Å². The number of carbonyl (C=O) groups is 1. The van der Waals surface area contributed by atoms with Crippen LogP contribution in [0.4, 0.5) is 0 Å². The van der Waals surface area contributed by atoms with E-state index in [4.69, 9.17) is 4.74 Å². The van der Waals surface area contributed by atoms with Crippen molar-refractivity contribution in [1.29, 1.82) is 0 Å². The van der Waals surface area contributed by atoms with Crippen molar-refractivity contribution < 1.29 is 19.7 Å². The summed E-state index contributed by atoms with van der Waals surface area (Å²) in [6, 6.07) is 4.10. The Balaban J connectivity index is 2.81. The Bertz CT molecular complexity index is 370. The Morgan fingerprint density at radius 3 is 2.19 bits per heavy atom. The Kier molecular flexibility index (Phi) is 3.42. The first-order valence-electron chi connectivity index (χ1n) is 4.99. The summed E-state index contributed by atoms with van der Waals surface area (Å²) in [4.78, 5) is 11.6. The van der Waals surface area contributed by atoms with Crippen LogP contribution in [-0.2, 0) is 4.74 Å². The predicted octanol–water partition coefficient (Wildman–Crippen LogP) is 2.30. The second-order valence-corrected chi connectivity index (χ2v) is 4.81. The van der Waals surface area contributed by atoms with Gasteiger partial charge in [0.15, 0.2) is 0 Å². The van der Waals surface area contributed by atoms with Crippen LogP contribution in [0, 0.1) is 5.41 Å². The molecule has 0 saturated carbocycles. The molecule has 0 aliphatic carbocycles. The van der Waals surface area contributed by atoms with E-state index in [0.29, 0.717) is 0 Å². The maximum Gasteiger partial charge on any atom is 0.345 e. The molecule has 0 atom stereocenters. The van der Waals surface area contributed by atoms with Crippen LogP contribution < -0.4 is 0 Å². The number of hydrogen-bond acceptors (Lipinski definition) is 4. The smallest absolute Gasteiger partial charge is 0.345 e. The van der Waals surface area contributed by atoms with Crippen molar-refractivity contribution in [2.45, 2.75) is 20.8 Å². The highest BCUT2D eigenvalue weighted by Crippen LogP contribution is 2.27. The average molecular weight is 224 g/mol. The number of aromatic hydroxyl groups is 2. The van der Waals surface area contributed by atoms with Gasteiger partial charge in [0.2, 0.25) is 0 Å². The van der Waals surface area contributed by atoms with Gasteiger partial charge < -0.3 is 14.9 Å². The SMILES string of the molecule is CC(C)(C)COC(=O)c1c(O)cccc1O. The third-order valence-corrected chi connectivity index (χ3v) is 1.86. The highest BCUT2D eigenvalue weighted by molar-refractivity contribution is 5.95. The van der Waals surface area contributed by atoms with Crippen LogP contribution in [-0.4, -0.2) is 22.8 Å². The Morgan fingerprint density at radius 1 is 1.25 bits per heavy atom. The summed E-state index contributed by atoms with van der Waals surface area (Å²) in [7, 11) is 0. The molecule has 16 heavy (non-hydrogen) atoms. The van der Waals surface area contributed by atoms with E-state index in [2.05, 4.69) is 0 Å². The Morgan fingerprint density at radius 2 is 1.75 bits per heavy atom. The van der Waals surface area contributed by atoms with Gasteiger partial charge in [-0.25, -0.2) is 4.79 Å². The van der Waals surface area contributed by atoms with Crippen LogP contribution >= 0.6 is 0 Å². The average Bonchev–Trinajstić information content (AvgIpc) is 2.13. The standard InChI is InChI=1S/C12H16O4/c1-12(2,3)7-16-11(15)10-8(13)5-4-6-9(10)14/h4-6,13-14H,7H2,1-3H3. The fourth-order valence-electron chi connectivity index (χ4n) is 1.09. The quantitative estimate of drug-likeness (QED) is 0.756. The van der Waals surface area contributed by atoms with Gasteiger partial charge in [-0.3, -0.25) is 0 Å². The second kappa shape index (κ2) is 4.43. The second-order valence-electron chi connectivity index (χ2n) is 4.81. The molecule has 0 saturated heterocycles. The molecule has 88 valence electrons. The number of carbonyl (C=O) groups excluding carboxylic acids is 1. The van der Waals surface area contributed by atoms with E-state index in [0.717, 1.165) is 0 Å². The number of phenolic OH excluding ortho intramolecular Hbond substituents is 2. The van der Waals surface area contributed by atoms with Gasteiger partial charge in [0, 0.05) is 0 Å². The van der Waals surface area contributed by atoms with E-state index in [1.807, 2.05) is 20.8 Å². The highest BCUT2D eigenvalue weighted by Gasteiger charge is 2.20. The predicted molar refractivity (Wildman–Crippen MR) is 59.5 cm³/mol. The molecule has 0 aliphatic rings. The van der Waals surface area contributed by atoms with Crippen LogP contribution in [0.3, 0.4) is 0 Å². The monoisotopic (exact) mass is 224 g/mol. The zero-order valence-electron chi connectivity index (χ0n) is 9.65. The van der Waals surface area contributed by atoms with Crippen molar-refractivity contribution in [3.63, 3.8) is 0 Å². The molecule has 0 heterocycles. The van der Waals surface area contributed by atoms with E-state index in [9.17, 15) is 15.0 Å². The molecule has 0 aromatic heterocycles. The van der Waals surface area contributed by atoms with Crippen molar-refractivity contribution in [2.24, 2.45) is 5.41 Å². The van der Waals surface area contributed by atoms with E-state index in [-0.39, 0.29) is 29.1 Å². The summed E-state index contributed by atoms with van der Waals surface area (Å²) in [5.74, 6) is -1.27. The zero-order chi connectivity index (χ0) is 12.3. The Labute approximate surface area is 94.5 Å². The Hall–Kier alpha value is -1.71. The van der Waals surface area contributed by atoms with Gasteiger partial charge in [-0.15, -0.1) is 0 Å². The summed E-state index contributed by atoms with van der Waals surface area (Å²) in [6.07, 6.45) is 0. The fraction of sp³-hybridized carbons (Fsp3) is 0.417. The van der Waals surface area contributed by atoms with Crippen LogP contribution in [0.25, 0.3) is 0 Å². The number of ether oxygens (including phenoxy) is 1. The van der Waals surface area contributed by atoms with Crippen LogP contribution in [0.2, 0.25) is 0 Å². The summed E-state index contributed by atoms with van der Waals surface area (Å²) in [5, 5.41) is 18.9. The first-order valence-corrected chi connectivity index (χ1v) is 4.99. The molecule has 1 aromatic carbocycles. The van der Waals surface area contributed by atoms with Crippen molar-refractivity contribution in [2.75, 3.05) is 6.61 Å². The minimum absolute atomic E-state index is 0.157. The molecule has 0 radical (unpaired) electrons. The summed E-state index contributed by atoms with van der Waals surface area (Å²) >= 11 is 0. The maximum atomic E-state index is 11.6. The highest BCUT2D eigenvalue weighted by atomic mass is 16.5. The zero-order valence-corrected chi connectivity index (χ0v) is 9.65. The maximum absolute atomic E-state index is 11.6. The molecule has 1 aromatic rings. The topological polar surface area (TPSA) is 66.8 Å². The van der Waals surface area contributed by atoms with Gasteiger partial charge in [-0.1, -0.05) is 26.8 Å². The number of phenols is 2. The van der Waals surface area contributed by atoms with Gasteiger partial charge in [-0.05, 0) is 17.5 Å². The fourth-order valence-corrected chi connectivity index (χ4v) is 1.09. The molecule has 4 nitrogen and oxygen atoms in total. The minimum Gasteiger partial charge on any atom is -0.507 e. The normalized spacial score (nSPS) is 11.2. The lowest BCUT2D eigenvalue weighted by molar-refractivity contribution is 0.0360. The lowest BCUT2D eigenvalue weighted by Gasteiger charge is -2.18.